The predicted molar refractivity (Wildman–Crippen MR) is 109 cm³/mol. The number of nitriles is 1. The van der Waals surface area contributed by atoms with Crippen molar-refractivity contribution in [2.45, 2.75) is 43.4 Å². The minimum Gasteiger partial charge on any atom is -0.325 e. The first-order valence-electron chi connectivity index (χ1n) is 10.4. The third-order valence-electron chi connectivity index (χ3n) is 6.47. The number of carbonyl (C=O) groups is 2. The number of benzene rings is 1. The lowest BCUT2D eigenvalue weighted by Gasteiger charge is -2.36. The molecular formula is C20H23N9O2. The minimum atomic E-state index is -0.748. The van der Waals surface area contributed by atoms with Crippen LogP contribution in [0.2, 0.25) is 0 Å². The number of hydrogen-bond acceptors (Lipinski definition) is 8. The summed E-state index contributed by atoms with van der Waals surface area (Å²) >= 11 is 0. The Morgan fingerprint density at radius 3 is 2.97 bits per heavy atom. The van der Waals surface area contributed by atoms with Crippen molar-refractivity contribution >= 4 is 17.5 Å². The fourth-order valence-corrected chi connectivity index (χ4v) is 5.05. The number of hydrogen-bond donors (Lipinski definition) is 2. The van der Waals surface area contributed by atoms with E-state index in [1.807, 2.05) is 34.1 Å². The van der Waals surface area contributed by atoms with E-state index in [0.29, 0.717) is 38.3 Å². The van der Waals surface area contributed by atoms with Crippen molar-refractivity contribution in [1.82, 2.24) is 30.4 Å². The van der Waals surface area contributed by atoms with Gasteiger partial charge in [0.2, 0.25) is 11.8 Å². The van der Waals surface area contributed by atoms with E-state index >= 15 is 0 Å². The quantitative estimate of drug-likeness (QED) is 0.656. The van der Waals surface area contributed by atoms with Crippen LogP contribution < -0.4 is 10.6 Å². The van der Waals surface area contributed by atoms with Crippen LogP contribution in [0.1, 0.15) is 19.3 Å². The second-order valence-electron chi connectivity index (χ2n) is 8.26. The Morgan fingerprint density at radius 1 is 1.39 bits per heavy atom. The Labute approximate surface area is 178 Å². The summed E-state index contributed by atoms with van der Waals surface area (Å²) in [4.78, 5) is 31.4. The predicted octanol–water partition coefficient (Wildman–Crippen LogP) is -0.502. The highest BCUT2D eigenvalue weighted by Crippen LogP contribution is 2.39. The monoisotopic (exact) mass is 421 g/mol. The van der Waals surface area contributed by atoms with E-state index in [0.717, 1.165) is 17.7 Å². The zero-order valence-electron chi connectivity index (χ0n) is 16.9. The number of piperazine rings is 1. The molecule has 4 heterocycles. The summed E-state index contributed by atoms with van der Waals surface area (Å²) < 4.78 is 0. The van der Waals surface area contributed by atoms with Gasteiger partial charge in [-0.25, -0.2) is 5.10 Å². The molecule has 2 aromatic rings. The van der Waals surface area contributed by atoms with Crippen LogP contribution in [0.4, 0.5) is 5.69 Å². The van der Waals surface area contributed by atoms with Crippen LogP contribution in [-0.2, 0) is 9.59 Å². The van der Waals surface area contributed by atoms with Gasteiger partial charge in [-0.2, -0.15) is 5.26 Å². The highest BCUT2D eigenvalue weighted by Gasteiger charge is 2.51. The van der Waals surface area contributed by atoms with E-state index in [1.54, 1.807) is 4.90 Å². The SMILES string of the molecule is N#C[C@@H]1CCCN1C(=O)[C@@H](N)CN1C[C@@H]2C[C@H]1C(=O)N2c1ccccc1-c1nnn[nH]1. The maximum atomic E-state index is 13.2. The van der Waals surface area contributed by atoms with E-state index in [-0.39, 0.29) is 23.9 Å². The average molecular weight is 421 g/mol. The molecule has 3 saturated heterocycles. The molecule has 3 fully saturated rings. The number of aromatic amines is 1. The van der Waals surface area contributed by atoms with Gasteiger partial charge in [-0.1, -0.05) is 12.1 Å². The standard InChI is InChI=1S/C20H23N9O2/c21-9-12-4-3-7-28(12)19(30)15(22)11-27-10-13-8-17(27)20(31)29(13)16-6-2-1-5-14(16)18-23-25-26-24-18/h1-2,5-6,12-13,15,17H,3-4,7-8,10-11,22H2,(H,23,24,25,26)/t12-,13-,15-,17-/m0/s1. The molecule has 0 spiro atoms. The smallest absolute Gasteiger partial charge is 0.244 e. The number of H-pyrrole nitrogens is 1. The zero-order chi connectivity index (χ0) is 21.5. The third-order valence-corrected chi connectivity index (χ3v) is 6.47. The molecular weight excluding hydrogens is 398 g/mol. The van der Waals surface area contributed by atoms with Crippen LogP contribution in [0.3, 0.4) is 0 Å². The Bertz CT molecular complexity index is 1030. The molecule has 0 unspecified atom stereocenters. The molecule has 5 rings (SSSR count). The first-order valence-corrected chi connectivity index (χ1v) is 10.4. The summed E-state index contributed by atoms with van der Waals surface area (Å²) in [5.41, 5.74) is 7.75. The first-order chi connectivity index (χ1) is 15.1. The fraction of sp³-hybridized carbons (Fsp3) is 0.500. The number of nitrogens with zero attached hydrogens (tertiary/aromatic N) is 7. The van der Waals surface area contributed by atoms with Crippen molar-refractivity contribution in [1.29, 1.82) is 5.26 Å². The van der Waals surface area contributed by atoms with Gasteiger partial charge in [-0.15, -0.1) is 5.10 Å². The lowest BCUT2D eigenvalue weighted by atomic mass is 10.1. The number of fused-ring (bicyclic) bond motifs is 2. The zero-order valence-corrected chi connectivity index (χ0v) is 16.9. The summed E-state index contributed by atoms with van der Waals surface area (Å²) in [7, 11) is 0. The number of rotatable bonds is 5. The number of likely N-dealkylation sites (tertiary alicyclic amines) is 2. The van der Waals surface area contributed by atoms with Crippen molar-refractivity contribution < 1.29 is 9.59 Å². The van der Waals surface area contributed by atoms with E-state index in [4.69, 9.17) is 5.73 Å². The highest BCUT2D eigenvalue weighted by molar-refractivity contribution is 6.04. The van der Waals surface area contributed by atoms with Gasteiger partial charge < -0.3 is 15.5 Å². The lowest BCUT2D eigenvalue weighted by Crippen LogP contribution is -2.56. The van der Waals surface area contributed by atoms with Gasteiger partial charge in [0.1, 0.15) is 6.04 Å². The van der Waals surface area contributed by atoms with Gasteiger partial charge >= 0.3 is 0 Å². The molecule has 160 valence electrons. The largest absolute Gasteiger partial charge is 0.325 e. The number of anilines is 1. The molecule has 4 atom stereocenters. The number of tetrazole rings is 1. The van der Waals surface area contributed by atoms with Gasteiger partial charge in [0.25, 0.3) is 0 Å². The molecule has 31 heavy (non-hydrogen) atoms. The molecule has 0 aliphatic carbocycles. The molecule has 11 heteroatoms. The highest BCUT2D eigenvalue weighted by atomic mass is 16.2. The Hall–Kier alpha value is -3.36. The molecule has 11 nitrogen and oxygen atoms in total. The second kappa shape index (κ2) is 7.72. The van der Waals surface area contributed by atoms with Crippen molar-refractivity contribution in [2.24, 2.45) is 5.73 Å². The molecule has 3 aliphatic rings. The lowest BCUT2D eigenvalue weighted by molar-refractivity contribution is -0.134. The fourth-order valence-electron chi connectivity index (χ4n) is 5.05. The maximum Gasteiger partial charge on any atom is 0.244 e. The van der Waals surface area contributed by atoms with E-state index in [9.17, 15) is 14.9 Å². The number of amides is 2. The topological polar surface area (TPSA) is 148 Å². The van der Waals surface area contributed by atoms with Gasteiger partial charge in [0, 0.05) is 25.2 Å². The molecule has 3 aliphatic heterocycles. The normalized spacial score (nSPS) is 26.5. The number of carbonyl (C=O) groups excluding carboxylic acids is 2. The Morgan fingerprint density at radius 2 is 2.23 bits per heavy atom. The molecule has 3 N–H and O–H groups in total. The summed E-state index contributed by atoms with van der Waals surface area (Å²) in [6.45, 7) is 1.51. The maximum absolute atomic E-state index is 13.2. The number of nitrogens with two attached hydrogens (primary N) is 1. The van der Waals surface area contributed by atoms with Crippen molar-refractivity contribution in [3.05, 3.63) is 24.3 Å². The van der Waals surface area contributed by atoms with Crippen molar-refractivity contribution in [3.8, 4) is 17.5 Å². The van der Waals surface area contributed by atoms with Crippen LogP contribution in [0.25, 0.3) is 11.4 Å². The van der Waals surface area contributed by atoms with Gasteiger partial charge in [0.15, 0.2) is 5.82 Å². The number of nitrogens with one attached hydrogen (secondary N) is 1. The summed E-state index contributed by atoms with van der Waals surface area (Å²) in [5.74, 6) is 0.291. The van der Waals surface area contributed by atoms with E-state index in [1.165, 1.54) is 0 Å². The number of aromatic nitrogens is 4. The molecule has 0 saturated carbocycles. The molecule has 0 radical (unpaired) electrons. The Kier molecular flexibility index (Phi) is 4.88. The molecule has 1 aromatic heterocycles. The van der Waals surface area contributed by atoms with Crippen LogP contribution >= 0.6 is 0 Å². The van der Waals surface area contributed by atoms with Gasteiger partial charge in [0.05, 0.1) is 29.9 Å². The van der Waals surface area contributed by atoms with Gasteiger partial charge in [-0.05, 0) is 41.8 Å². The average Bonchev–Trinajstić information content (AvgIpc) is 3.57. The first kappa shape index (κ1) is 19.6. The second-order valence-corrected chi connectivity index (χ2v) is 8.26. The third kappa shape index (κ3) is 3.24. The van der Waals surface area contributed by atoms with E-state index in [2.05, 4.69) is 26.7 Å². The summed E-state index contributed by atoms with van der Waals surface area (Å²) in [6, 6.07) is 8.26. The Balaban J connectivity index is 1.30. The minimum absolute atomic E-state index is 0.00419. The van der Waals surface area contributed by atoms with Crippen LogP contribution in [0.15, 0.2) is 24.3 Å². The van der Waals surface area contributed by atoms with Crippen LogP contribution in [0, 0.1) is 11.3 Å². The molecule has 2 bridgehead atoms. The van der Waals surface area contributed by atoms with Crippen molar-refractivity contribution in [3.63, 3.8) is 0 Å². The molecule has 2 amide bonds. The van der Waals surface area contributed by atoms with Crippen molar-refractivity contribution in [2.75, 3.05) is 24.5 Å². The summed E-state index contributed by atoms with van der Waals surface area (Å²) in [5, 5.41) is 23.3. The van der Waals surface area contributed by atoms with Crippen LogP contribution in [-0.4, -0.2) is 86.0 Å². The molecule has 1 aromatic carbocycles. The van der Waals surface area contributed by atoms with E-state index < -0.39 is 12.1 Å². The summed E-state index contributed by atoms with van der Waals surface area (Å²) in [6.07, 6.45) is 2.20. The number of para-hydroxylation sites is 1. The van der Waals surface area contributed by atoms with Gasteiger partial charge in [-0.3, -0.25) is 14.5 Å². The van der Waals surface area contributed by atoms with Crippen LogP contribution in [0.5, 0.6) is 0 Å².